The fraction of sp³-hybridized carbons (Fsp3) is 0.500. The van der Waals surface area contributed by atoms with Gasteiger partial charge >= 0.3 is 0 Å². The summed E-state index contributed by atoms with van der Waals surface area (Å²) in [4.78, 5) is 21.4. The molecule has 0 radical (unpaired) electrons. The van der Waals surface area contributed by atoms with Crippen LogP contribution in [0.4, 0.5) is 5.82 Å². The van der Waals surface area contributed by atoms with Crippen molar-refractivity contribution < 1.29 is 4.79 Å². The molecule has 2 N–H and O–H groups in total. The maximum absolute atomic E-state index is 11.4. The highest BCUT2D eigenvalue weighted by Gasteiger charge is 2.39. The van der Waals surface area contributed by atoms with Crippen molar-refractivity contribution in [1.82, 2.24) is 9.97 Å². The van der Waals surface area contributed by atoms with E-state index in [2.05, 4.69) is 25.9 Å². The third-order valence-corrected chi connectivity index (χ3v) is 4.34. The van der Waals surface area contributed by atoms with E-state index >= 15 is 0 Å². The highest BCUT2D eigenvalue weighted by atomic mass is 79.9. The average Bonchev–Trinajstić information content (AvgIpc) is 2.66. The van der Waals surface area contributed by atoms with Gasteiger partial charge in [-0.25, -0.2) is 9.97 Å². The third-order valence-electron chi connectivity index (χ3n) is 3.10. The van der Waals surface area contributed by atoms with Crippen molar-refractivity contribution in [2.45, 2.75) is 13.3 Å². The van der Waals surface area contributed by atoms with Crippen LogP contribution in [0.1, 0.15) is 13.3 Å². The lowest BCUT2D eigenvalue weighted by Gasteiger charge is -2.22. The van der Waals surface area contributed by atoms with Gasteiger partial charge in [0.25, 0.3) is 0 Å². The molecule has 1 fully saturated rings. The number of anilines is 1. The van der Waals surface area contributed by atoms with E-state index in [0.717, 1.165) is 13.0 Å². The van der Waals surface area contributed by atoms with Gasteiger partial charge < -0.3 is 10.6 Å². The van der Waals surface area contributed by atoms with Gasteiger partial charge in [0.2, 0.25) is 5.91 Å². The number of nitrogens with two attached hydrogens (primary N) is 1. The van der Waals surface area contributed by atoms with Crippen LogP contribution in [0.3, 0.4) is 0 Å². The Hall–Kier alpha value is -0.880. The number of nitrogens with zero attached hydrogens (tertiary/aromatic N) is 3. The van der Waals surface area contributed by atoms with Crippen LogP contribution < -0.4 is 10.6 Å². The SMILES string of the molecule is CC1(C(N)=O)CCN(c2ncnc(Cl)c2Br)C1. The van der Waals surface area contributed by atoms with E-state index < -0.39 is 5.41 Å². The summed E-state index contributed by atoms with van der Waals surface area (Å²) in [6.45, 7) is 3.14. The molecule has 0 aromatic carbocycles. The molecular weight excluding hydrogens is 307 g/mol. The molecule has 1 aromatic rings. The van der Waals surface area contributed by atoms with Crippen molar-refractivity contribution in [2.24, 2.45) is 11.1 Å². The van der Waals surface area contributed by atoms with Crippen molar-refractivity contribution in [3.8, 4) is 0 Å². The van der Waals surface area contributed by atoms with Crippen molar-refractivity contribution in [3.05, 3.63) is 16.0 Å². The Bertz CT molecular complexity index is 470. The van der Waals surface area contributed by atoms with Gasteiger partial charge in [-0.05, 0) is 29.3 Å². The summed E-state index contributed by atoms with van der Waals surface area (Å²) in [6.07, 6.45) is 2.12. The first-order chi connectivity index (χ1) is 7.94. The summed E-state index contributed by atoms with van der Waals surface area (Å²) in [5.41, 5.74) is 4.90. The molecule has 92 valence electrons. The molecule has 2 heterocycles. The molecular formula is C10H12BrClN4O. The summed E-state index contributed by atoms with van der Waals surface area (Å²) in [6, 6.07) is 0. The molecule has 1 aliphatic rings. The summed E-state index contributed by atoms with van der Waals surface area (Å²) in [5, 5.41) is 0.364. The monoisotopic (exact) mass is 318 g/mol. The van der Waals surface area contributed by atoms with E-state index in [1.54, 1.807) is 0 Å². The van der Waals surface area contributed by atoms with E-state index in [-0.39, 0.29) is 5.91 Å². The van der Waals surface area contributed by atoms with Gasteiger partial charge in [0, 0.05) is 13.1 Å². The second-order valence-corrected chi connectivity index (χ2v) is 5.55. The zero-order valence-electron chi connectivity index (χ0n) is 9.28. The molecule has 1 amide bonds. The Labute approximate surface area is 112 Å². The van der Waals surface area contributed by atoms with Gasteiger partial charge in [0.1, 0.15) is 17.3 Å². The van der Waals surface area contributed by atoms with Crippen molar-refractivity contribution in [1.29, 1.82) is 0 Å². The Morgan fingerprint density at radius 3 is 2.94 bits per heavy atom. The van der Waals surface area contributed by atoms with Crippen LogP contribution in [0.25, 0.3) is 0 Å². The molecule has 1 unspecified atom stereocenters. The molecule has 1 aliphatic heterocycles. The topological polar surface area (TPSA) is 72.1 Å². The van der Waals surface area contributed by atoms with Crippen molar-refractivity contribution >= 4 is 39.3 Å². The molecule has 17 heavy (non-hydrogen) atoms. The van der Waals surface area contributed by atoms with Crippen LogP contribution in [-0.4, -0.2) is 29.0 Å². The van der Waals surface area contributed by atoms with Crippen molar-refractivity contribution in [3.63, 3.8) is 0 Å². The van der Waals surface area contributed by atoms with Gasteiger partial charge in [-0.3, -0.25) is 4.79 Å². The van der Waals surface area contributed by atoms with E-state index in [0.29, 0.717) is 22.0 Å². The van der Waals surface area contributed by atoms with E-state index in [1.807, 2.05) is 11.8 Å². The highest BCUT2D eigenvalue weighted by Crippen LogP contribution is 2.36. The smallest absolute Gasteiger partial charge is 0.225 e. The van der Waals surface area contributed by atoms with Gasteiger partial charge in [0.05, 0.1) is 9.89 Å². The number of aromatic nitrogens is 2. The molecule has 1 aromatic heterocycles. The lowest BCUT2D eigenvalue weighted by Crippen LogP contribution is -2.37. The first-order valence-corrected chi connectivity index (χ1v) is 6.32. The second-order valence-electron chi connectivity index (χ2n) is 4.40. The number of amides is 1. The number of rotatable bonds is 2. The first kappa shape index (κ1) is 12.6. The first-order valence-electron chi connectivity index (χ1n) is 5.15. The Morgan fingerprint density at radius 2 is 2.35 bits per heavy atom. The van der Waals surface area contributed by atoms with Crippen LogP contribution in [-0.2, 0) is 4.79 Å². The summed E-state index contributed by atoms with van der Waals surface area (Å²) in [5.74, 6) is 0.422. The van der Waals surface area contributed by atoms with Crippen LogP contribution >= 0.6 is 27.5 Å². The Balaban J connectivity index is 2.27. The molecule has 0 bridgehead atoms. The lowest BCUT2D eigenvalue weighted by atomic mass is 9.89. The summed E-state index contributed by atoms with van der Waals surface area (Å²) < 4.78 is 0.649. The molecule has 0 spiro atoms. The quantitative estimate of drug-likeness (QED) is 0.840. The predicted molar refractivity (Wildman–Crippen MR) is 68.9 cm³/mol. The van der Waals surface area contributed by atoms with E-state index in [1.165, 1.54) is 6.33 Å². The standard InChI is InChI=1S/C10H12BrClN4O/c1-10(9(13)17)2-3-16(4-10)8-6(11)7(12)14-5-15-8/h5H,2-4H2,1H3,(H2,13,17). The number of primary amides is 1. The number of carbonyl (C=O) groups excluding carboxylic acids is 1. The minimum absolute atomic E-state index is 0.281. The van der Waals surface area contributed by atoms with Gasteiger partial charge in [-0.2, -0.15) is 0 Å². The fourth-order valence-electron chi connectivity index (χ4n) is 1.90. The van der Waals surface area contributed by atoms with Crippen LogP contribution in [0.5, 0.6) is 0 Å². The number of carbonyl (C=O) groups is 1. The van der Waals surface area contributed by atoms with Crippen LogP contribution in [0.2, 0.25) is 5.15 Å². The minimum Gasteiger partial charge on any atom is -0.369 e. The molecule has 5 nitrogen and oxygen atoms in total. The molecule has 7 heteroatoms. The zero-order valence-corrected chi connectivity index (χ0v) is 11.6. The largest absolute Gasteiger partial charge is 0.369 e. The fourth-order valence-corrected chi connectivity index (χ4v) is 2.49. The molecule has 2 rings (SSSR count). The predicted octanol–water partition coefficient (Wildman–Crippen LogP) is 1.59. The van der Waals surface area contributed by atoms with E-state index in [9.17, 15) is 4.79 Å². The maximum atomic E-state index is 11.4. The van der Waals surface area contributed by atoms with E-state index in [4.69, 9.17) is 17.3 Å². The van der Waals surface area contributed by atoms with Gasteiger partial charge in [-0.15, -0.1) is 0 Å². The third kappa shape index (κ3) is 2.24. The molecule has 0 aliphatic carbocycles. The Kier molecular flexibility index (Phi) is 3.27. The minimum atomic E-state index is -0.503. The normalized spacial score (nSPS) is 24.1. The second kappa shape index (κ2) is 4.42. The molecule has 1 atom stereocenters. The zero-order chi connectivity index (χ0) is 12.6. The highest BCUT2D eigenvalue weighted by molar-refractivity contribution is 9.10. The Morgan fingerprint density at radius 1 is 1.65 bits per heavy atom. The molecule has 1 saturated heterocycles. The summed E-state index contributed by atoms with van der Waals surface area (Å²) in [7, 11) is 0. The average molecular weight is 320 g/mol. The summed E-state index contributed by atoms with van der Waals surface area (Å²) >= 11 is 9.26. The lowest BCUT2D eigenvalue weighted by molar-refractivity contribution is -0.125. The number of halogens is 2. The van der Waals surface area contributed by atoms with Gasteiger partial charge in [-0.1, -0.05) is 11.6 Å². The van der Waals surface area contributed by atoms with Crippen molar-refractivity contribution in [2.75, 3.05) is 18.0 Å². The molecule has 0 saturated carbocycles. The van der Waals surface area contributed by atoms with Crippen LogP contribution in [0, 0.1) is 5.41 Å². The number of hydrogen-bond acceptors (Lipinski definition) is 4. The maximum Gasteiger partial charge on any atom is 0.225 e. The number of hydrogen-bond donors (Lipinski definition) is 1. The van der Waals surface area contributed by atoms with Gasteiger partial charge in [0.15, 0.2) is 0 Å². The van der Waals surface area contributed by atoms with Crippen LogP contribution in [0.15, 0.2) is 10.8 Å².